The fourth-order valence-corrected chi connectivity index (χ4v) is 4.43. The van der Waals surface area contributed by atoms with E-state index in [1.807, 2.05) is 42.5 Å². The van der Waals surface area contributed by atoms with Crippen molar-refractivity contribution in [2.24, 2.45) is 0 Å². The molecule has 0 bridgehead atoms. The van der Waals surface area contributed by atoms with E-state index in [1.54, 1.807) is 10.6 Å². The number of rotatable bonds is 3. The molecule has 0 amide bonds. The molecule has 0 saturated carbocycles. The number of nitrogens with zero attached hydrogens (tertiary/aromatic N) is 2. The molecule has 1 aliphatic heterocycles. The molecule has 4 aromatic rings. The Morgan fingerprint density at radius 3 is 2.79 bits per heavy atom. The van der Waals surface area contributed by atoms with Gasteiger partial charge in [-0.2, -0.15) is 0 Å². The number of para-hydroxylation sites is 2. The van der Waals surface area contributed by atoms with Crippen LogP contribution in [0.2, 0.25) is 0 Å². The third-order valence-electron chi connectivity index (χ3n) is 5.76. The Hall–Kier alpha value is -3.05. The molecule has 142 valence electrons. The first-order valence-electron chi connectivity index (χ1n) is 9.73. The highest BCUT2D eigenvalue weighted by Crippen LogP contribution is 2.31. The summed E-state index contributed by atoms with van der Waals surface area (Å²) in [5.74, 6) is 0.0350. The largest absolute Gasteiger partial charge is 0.508 e. The van der Waals surface area contributed by atoms with Crippen molar-refractivity contribution in [3.05, 3.63) is 76.8 Å². The lowest BCUT2D eigenvalue weighted by Crippen LogP contribution is -2.38. The smallest absolute Gasteiger partial charge is 0.420 e. The standard InChI is InChI=1S/C23H22N2O3/c26-21-12-11-16-6-1-2-8-18(16)19(21)15-24-13-5-7-17(14-24)25-20-9-3-4-10-22(20)28-23(25)27/h1-4,6,8-12,17,26H,5,7,13-15H2. The number of phenols is 1. The normalized spacial score (nSPS) is 18.1. The van der Waals surface area contributed by atoms with E-state index in [0.29, 0.717) is 17.9 Å². The summed E-state index contributed by atoms with van der Waals surface area (Å²) in [6, 6.07) is 19.5. The van der Waals surface area contributed by atoms with Crippen LogP contribution in [0.25, 0.3) is 21.9 Å². The lowest BCUT2D eigenvalue weighted by molar-refractivity contribution is 0.167. The number of phenolic OH excluding ortho intramolecular Hbond substituents is 1. The van der Waals surface area contributed by atoms with Crippen LogP contribution < -0.4 is 5.76 Å². The van der Waals surface area contributed by atoms with E-state index in [9.17, 15) is 9.90 Å². The van der Waals surface area contributed by atoms with Crippen LogP contribution in [0, 0.1) is 0 Å². The summed E-state index contributed by atoms with van der Waals surface area (Å²) < 4.78 is 7.23. The molecule has 1 N–H and O–H groups in total. The van der Waals surface area contributed by atoms with Gasteiger partial charge in [-0.1, -0.05) is 42.5 Å². The highest BCUT2D eigenvalue weighted by atomic mass is 16.4. The molecule has 3 aromatic carbocycles. The van der Waals surface area contributed by atoms with Crippen LogP contribution in [0.3, 0.4) is 0 Å². The molecule has 5 heteroatoms. The summed E-state index contributed by atoms with van der Waals surface area (Å²) in [7, 11) is 0. The summed E-state index contributed by atoms with van der Waals surface area (Å²) in [4.78, 5) is 14.8. The molecule has 2 heterocycles. The van der Waals surface area contributed by atoms with Gasteiger partial charge in [0.15, 0.2) is 5.58 Å². The number of hydrogen-bond donors (Lipinski definition) is 1. The molecule has 28 heavy (non-hydrogen) atoms. The van der Waals surface area contributed by atoms with E-state index in [4.69, 9.17) is 4.42 Å². The zero-order chi connectivity index (χ0) is 19.1. The Morgan fingerprint density at radius 2 is 1.86 bits per heavy atom. The average Bonchev–Trinajstić information content (AvgIpc) is 3.06. The molecule has 1 aliphatic rings. The van der Waals surface area contributed by atoms with E-state index >= 15 is 0 Å². The second-order valence-electron chi connectivity index (χ2n) is 7.52. The Kier molecular flexibility index (Phi) is 4.17. The maximum absolute atomic E-state index is 12.5. The Morgan fingerprint density at radius 1 is 1.04 bits per heavy atom. The quantitative estimate of drug-likeness (QED) is 0.581. The molecular weight excluding hydrogens is 352 g/mol. The van der Waals surface area contributed by atoms with Gasteiger partial charge >= 0.3 is 5.76 Å². The summed E-state index contributed by atoms with van der Waals surface area (Å²) >= 11 is 0. The summed E-state index contributed by atoms with van der Waals surface area (Å²) in [6.07, 6.45) is 1.95. The maximum atomic E-state index is 12.5. The number of likely N-dealkylation sites (tertiary alicyclic amines) is 1. The number of benzene rings is 3. The fourth-order valence-electron chi connectivity index (χ4n) is 4.43. The van der Waals surface area contributed by atoms with Crippen molar-refractivity contribution >= 4 is 21.9 Å². The predicted molar refractivity (Wildman–Crippen MR) is 110 cm³/mol. The highest BCUT2D eigenvalue weighted by molar-refractivity contribution is 5.87. The fraction of sp³-hybridized carbons (Fsp3) is 0.261. The van der Waals surface area contributed by atoms with Crippen molar-refractivity contribution in [3.63, 3.8) is 0 Å². The van der Waals surface area contributed by atoms with Crippen molar-refractivity contribution in [1.29, 1.82) is 0 Å². The highest BCUT2D eigenvalue weighted by Gasteiger charge is 2.26. The number of fused-ring (bicyclic) bond motifs is 2. The summed E-state index contributed by atoms with van der Waals surface area (Å²) in [5.41, 5.74) is 2.44. The first-order chi connectivity index (χ1) is 13.7. The van der Waals surface area contributed by atoms with Crippen LogP contribution in [0.5, 0.6) is 5.75 Å². The van der Waals surface area contributed by atoms with Crippen LogP contribution in [-0.4, -0.2) is 27.7 Å². The van der Waals surface area contributed by atoms with Crippen molar-refractivity contribution in [1.82, 2.24) is 9.47 Å². The summed E-state index contributed by atoms with van der Waals surface area (Å²) in [6.45, 7) is 2.37. The van der Waals surface area contributed by atoms with Gasteiger partial charge in [0.2, 0.25) is 0 Å². The van der Waals surface area contributed by atoms with E-state index in [-0.39, 0.29) is 11.8 Å². The molecule has 1 aromatic heterocycles. The topological polar surface area (TPSA) is 58.6 Å². The lowest BCUT2D eigenvalue weighted by atomic mass is 10.0. The third-order valence-corrected chi connectivity index (χ3v) is 5.76. The minimum atomic E-state index is -0.291. The molecule has 0 radical (unpaired) electrons. The number of piperidine rings is 1. The van der Waals surface area contributed by atoms with Crippen molar-refractivity contribution in [2.75, 3.05) is 13.1 Å². The van der Waals surface area contributed by atoms with Crippen LogP contribution in [0.15, 0.2) is 69.9 Å². The molecule has 1 unspecified atom stereocenters. The van der Waals surface area contributed by atoms with Crippen LogP contribution in [0.4, 0.5) is 0 Å². The lowest BCUT2D eigenvalue weighted by Gasteiger charge is -2.33. The molecule has 5 rings (SSSR count). The van der Waals surface area contributed by atoms with Gasteiger partial charge in [0.25, 0.3) is 0 Å². The maximum Gasteiger partial charge on any atom is 0.420 e. The minimum absolute atomic E-state index is 0.0713. The van der Waals surface area contributed by atoms with Gasteiger partial charge in [0.1, 0.15) is 5.75 Å². The van der Waals surface area contributed by atoms with Gasteiger partial charge < -0.3 is 9.52 Å². The van der Waals surface area contributed by atoms with Gasteiger partial charge in [0, 0.05) is 18.7 Å². The van der Waals surface area contributed by atoms with Gasteiger partial charge in [-0.15, -0.1) is 0 Å². The third kappa shape index (κ3) is 2.88. The van der Waals surface area contributed by atoms with Gasteiger partial charge in [0.05, 0.1) is 11.6 Å². The Bertz CT molecular complexity index is 1210. The van der Waals surface area contributed by atoms with Crippen LogP contribution in [0.1, 0.15) is 24.4 Å². The second-order valence-corrected chi connectivity index (χ2v) is 7.52. The Labute approximate surface area is 162 Å². The van der Waals surface area contributed by atoms with Crippen molar-refractivity contribution in [2.45, 2.75) is 25.4 Å². The van der Waals surface area contributed by atoms with Gasteiger partial charge in [-0.05, 0) is 48.4 Å². The average molecular weight is 374 g/mol. The van der Waals surface area contributed by atoms with Gasteiger partial charge in [-0.25, -0.2) is 4.79 Å². The zero-order valence-electron chi connectivity index (χ0n) is 15.5. The number of oxazole rings is 1. The molecule has 1 saturated heterocycles. The Balaban J connectivity index is 1.46. The first-order valence-corrected chi connectivity index (χ1v) is 9.73. The minimum Gasteiger partial charge on any atom is -0.508 e. The molecule has 5 nitrogen and oxygen atoms in total. The van der Waals surface area contributed by atoms with Crippen LogP contribution in [-0.2, 0) is 6.54 Å². The first kappa shape index (κ1) is 17.1. The monoisotopic (exact) mass is 374 g/mol. The van der Waals surface area contributed by atoms with E-state index < -0.39 is 0 Å². The van der Waals surface area contributed by atoms with Crippen molar-refractivity contribution < 1.29 is 9.52 Å². The zero-order valence-corrected chi connectivity index (χ0v) is 15.5. The predicted octanol–water partition coefficient (Wildman–Crippen LogP) is 4.29. The second kappa shape index (κ2) is 6.84. The van der Waals surface area contributed by atoms with E-state index in [1.165, 1.54) is 0 Å². The molecule has 1 atom stereocenters. The van der Waals surface area contributed by atoms with E-state index in [2.05, 4.69) is 17.0 Å². The van der Waals surface area contributed by atoms with E-state index in [0.717, 1.165) is 47.8 Å². The molecule has 0 aliphatic carbocycles. The SMILES string of the molecule is O=c1oc2ccccc2n1C1CCCN(Cc2c(O)ccc3ccccc23)C1. The number of aromatic hydroxyl groups is 1. The molecule has 1 fully saturated rings. The number of hydrogen-bond acceptors (Lipinski definition) is 4. The summed E-state index contributed by atoms with van der Waals surface area (Å²) in [5, 5.41) is 12.7. The molecule has 0 spiro atoms. The molecular formula is C23H22N2O3. The van der Waals surface area contributed by atoms with Crippen molar-refractivity contribution in [3.8, 4) is 5.75 Å². The number of aromatic nitrogens is 1. The van der Waals surface area contributed by atoms with Gasteiger partial charge in [-0.3, -0.25) is 9.47 Å². The van der Waals surface area contributed by atoms with Crippen LogP contribution >= 0.6 is 0 Å².